The van der Waals surface area contributed by atoms with Crippen molar-refractivity contribution in [3.8, 4) is 5.75 Å². The molecular weight excluding hydrogens is 292 g/mol. The molecule has 0 spiro atoms. The summed E-state index contributed by atoms with van der Waals surface area (Å²) in [5, 5.41) is 6.00. The minimum atomic E-state index is -0.188. The van der Waals surface area contributed by atoms with E-state index in [1.54, 1.807) is 13.2 Å². The Bertz CT molecular complexity index is 646. The lowest BCUT2D eigenvalue weighted by Crippen LogP contribution is -2.25. The molecule has 0 fully saturated rings. The summed E-state index contributed by atoms with van der Waals surface area (Å²) < 4.78 is 5.29. The van der Waals surface area contributed by atoms with Crippen molar-refractivity contribution in [1.82, 2.24) is 15.3 Å². The number of hydrogen-bond acceptors (Lipinski definition) is 5. The third-order valence-electron chi connectivity index (χ3n) is 3.34. The van der Waals surface area contributed by atoms with Gasteiger partial charge in [0.05, 0.1) is 12.8 Å². The van der Waals surface area contributed by atoms with Gasteiger partial charge >= 0.3 is 0 Å². The van der Waals surface area contributed by atoms with E-state index in [-0.39, 0.29) is 5.91 Å². The second-order valence-electron chi connectivity index (χ2n) is 5.08. The van der Waals surface area contributed by atoms with Gasteiger partial charge in [-0.2, -0.15) is 0 Å². The first-order valence-corrected chi connectivity index (χ1v) is 7.75. The van der Waals surface area contributed by atoms with Crippen LogP contribution in [0.2, 0.25) is 0 Å². The van der Waals surface area contributed by atoms with E-state index < -0.39 is 0 Å². The highest BCUT2D eigenvalue weighted by atomic mass is 16.5. The van der Waals surface area contributed by atoms with Crippen molar-refractivity contribution in [2.24, 2.45) is 0 Å². The van der Waals surface area contributed by atoms with Crippen molar-refractivity contribution in [3.63, 3.8) is 0 Å². The van der Waals surface area contributed by atoms with Gasteiger partial charge in [-0.25, -0.2) is 9.97 Å². The number of amides is 1. The average molecular weight is 314 g/mol. The molecule has 2 rings (SSSR count). The van der Waals surface area contributed by atoms with Gasteiger partial charge in [0.1, 0.15) is 23.6 Å². The third kappa shape index (κ3) is 4.95. The van der Waals surface area contributed by atoms with Crippen LogP contribution in [0.15, 0.2) is 36.7 Å². The zero-order chi connectivity index (χ0) is 16.5. The lowest BCUT2D eigenvalue weighted by Gasteiger charge is -2.10. The number of ether oxygens (including phenoxy) is 1. The number of nitrogens with one attached hydrogen (secondary N) is 2. The van der Waals surface area contributed by atoms with Gasteiger partial charge in [-0.1, -0.05) is 31.9 Å². The summed E-state index contributed by atoms with van der Waals surface area (Å²) in [4.78, 5) is 20.3. The molecule has 0 aliphatic rings. The van der Waals surface area contributed by atoms with Crippen molar-refractivity contribution < 1.29 is 9.53 Å². The summed E-state index contributed by atoms with van der Waals surface area (Å²) in [6, 6.07) is 9.14. The summed E-state index contributed by atoms with van der Waals surface area (Å²) >= 11 is 0. The number of rotatable bonds is 8. The van der Waals surface area contributed by atoms with Gasteiger partial charge in [0.25, 0.3) is 5.91 Å². The number of benzene rings is 1. The highest BCUT2D eigenvalue weighted by Crippen LogP contribution is 2.26. The molecule has 0 unspecified atom stereocenters. The van der Waals surface area contributed by atoms with E-state index >= 15 is 0 Å². The molecule has 0 bridgehead atoms. The molecule has 6 nitrogen and oxygen atoms in total. The molecule has 0 atom stereocenters. The predicted molar refractivity (Wildman–Crippen MR) is 90.2 cm³/mol. The number of para-hydroxylation sites is 2. The van der Waals surface area contributed by atoms with E-state index in [1.165, 1.54) is 6.33 Å². The number of methoxy groups -OCH3 is 1. The van der Waals surface area contributed by atoms with Crippen LogP contribution in [0.1, 0.15) is 36.7 Å². The van der Waals surface area contributed by atoms with Crippen LogP contribution in [-0.4, -0.2) is 29.5 Å². The molecule has 1 aromatic carbocycles. The Kier molecular flexibility index (Phi) is 6.35. The van der Waals surface area contributed by atoms with Crippen molar-refractivity contribution in [3.05, 3.63) is 42.4 Å². The molecule has 6 heteroatoms. The quantitative estimate of drug-likeness (QED) is 0.732. The van der Waals surface area contributed by atoms with Gasteiger partial charge in [0.15, 0.2) is 0 Å². The molecule has 1 heterocycles. The molecule has 1 aromatic heterocycles. The van der Waals surface area contributed by atoms with E-state index in [1.807, 2.05) is 24.3 Å². The van der Waals surface area contributed by atoms with Crippen LogP contribution in [-0.2, 0) is 0 Å². The first-order chi connectivity index (χ1) is 11.2. The average Bonchev–Trinajstić information content (AvgIpc) is 2.59. The second-order valence-corrected chi connectivity index (χ2v) is 5.08. The number of unbranched alkanes of at least 4 members (excludes halogenated alkanes) is 2. The fourth-order valence-corrected chi connectivity index (χ4v) is 2.10. The van der Waals surface area contributed by atoms with E-state index in [2.05, 4.69) is 27.5 Å². The normalized spacial score (nSPS) is 10.2. The van der Waals surface area contributed by atoms with Crippen LogP contribution in [0, 0.1) is 0 Å². The molecule has 0 aliphatic heterocycles. The molecule has 0 saturated heterocycles. The van der Waals surface area contributed by atoms with Crippen molar-refractivity contribution in [1.29, 1.82) is 0 Å². The number of nitrogens with zero attached hydrogens (tertiary/aromatic N) is 2. The molecule has 2 N–H and O–H groups in total. The van der Waals surface area contributed by atoms with E-state index in [9.17, 15) is 4.79 Å². The van der Waals surface area contributed by atoms with Crippen LogP contribution in [0.4, 0.5) is 11.5 Å². The van der Waals surface area contributed by atoms with Crippen LogP contribution >= 0.6 is 0 Å². The molecule has 122 valence electrons. The zero-order valence-corrected chi connectivity index (χ0v) is 13.5. The topological polar surface area (TPSA) is 76.1 Å². The SMILES string of the molecule is CCCCCNC(=O)c1cc(Nc2ccccc2OC)ncn1. The molecule has 0 saturated carbocycles. The third-order valence-corrected chi connectivity index (χ3v) is 3.34. The molecule has 0 aliphatic carbocycles. The Hall–Kier alpha value is -2.63. The highest BCUT2D eigenvalue weighted by Gasteiger charge is 2.09. The van der Waals surface area contributed by atoms with Crippen molar-refractivity contribution >= 4 is 17.4 Å². The second kappa shape index (κ2) is 8.73. The number of carbonyl (C=O) groups excluding carboxylic acids is 1. The summed E-state index contributed by atoms with van der Waals surface area (Å²) in [5.74, 6) is 1.06. The Morgan fingerprint density at radius 1 is 1.22 bits per heavy atom. The van der Waals surface area contributed by atoms with Crippen molar-refractivity contribution in [2.45, 2.75) is 26.2 Å². The molecule has 2 aromatic rings. The largest absolute Gasteiger partial charge is 0.495 e. The summed E-state index contributed by atoms with van der Waals surface area (Å²) in [5.41, 5.74) is 1.12. The van der Waals surface area contributed by atoms with Gasteiger partial charge in [0.2, 0.25) is 0 Å². The van der Waals surface area contributed by atoms with Gasteiger partial charge in [-0.05, 0) is 18.6 Å². The van der Waals surface area contributed by atoms with Gasteiger partial charge in [0, 0.05) is 12.6 Å². The Morgan fingerprint density at radius 2 is 2.04 bits per heavy atom. The fourth-order valence-electron chi connectivity index (χ4n) is 2.10. The number of aromatic nitrogens is 2. The maximum absolute atomic E-state index is 12.1. The molecular formula is C17H22N4O2. The van der Waals surface area contributed by atoms with Crippen LogP contribution in [0.25, 0.3) is 0 Å². The van der Waals surface area contributed by atoms with Crippen molar-refractivity contribution in [2.75, 3.05) is 19.0 Å². The van der Waals surface area contributed by atoms with E-state index in [0.717, 1.165) is 24.9 Å². The lowest BCUT2D eigenvalue weighted by atomic mass is 10.2. The van der Waals surface area contributed by atoms with Gasteiger partial charge in [-0.3, -0.25) is 4.79 Å². The maximum Gasteiger partial charge on any atom is 0.270 e. The lowest BCUT2D eigenvalue weighted by molar-refractivity contribution is 0.0948. The molecule has 23 heavy (non-hydrogen) atoms. The standard InChI is InChI=1S/C17H22N4O2/c1-3-4-7-10-18-17(22)14-11-16(20-12-19-14)21-13-8-5-6-9-15(13)23-2/h5-6,8-9,11-12H,3-4,7,10H2,1-2H3,(H,18,22)(H,19,20,21). The molecule has 1 amide bonds. The fraction of sp³-hybridized carbons (Fsp3) is 0.353. The Morgan fingerprint density at radius 3 is 2.83 bits per heavy atom. The Labute approximate surface area is 136 Å². The number of anilines is 2. The van der Waals surface area contributed by atoms with Gasteiger partial charge in [-0.15, -0.1) is 0 Å². The highest BCUT2D eigenvalue weighted by molar-refractivity contribution is 5.93. The first kappa shape index (κ1) is 16.7. The summed E-state index contributed by atoms with van der Waals surface area (Å²) in [6.45, 7) is 2.79. The van der Waals surface area contributed by atoms with Gasteiger partial charge < -0.3 is 15.4 Å². The van der Waals surface area contributed by atoms with Crippen LogP contribution < -0.4 is 15.4 Å². The first-order valence-electron chi connectivity index (χ1n) is 7.75. The molecule has 0 radical (unpaired) electrons. The number of carbonyl (C=O) groups is 1. The van der Waals surface area contributed by atoms with E-state index in [4.69, 9.17) is 4.74 Å². The maximum atomic E-state index is 12.1. The van der Waals surface area contributed by atoms with E-state index in [0.29, 0.717) is 23.8 Å². The minimum Gasteiger partial charge on any atom is -0.495 e. The summed E-state index contributed by atoms with van der Waals surface area (Å²) in [6.07, 6.45) is 4.57. The summed E-state index contributed by atoms with van der Waals surface area (Å²) in [7, 11) is 1.61. The monoisotopic (exact) mass is 314 g/mol. The smallest absolute Gasteiger partial charge is 0.270 e. The van der Waals surface area contributed by atoms with Crippen LogP contribution in [0.3, 0.4) is 0 Å². The zero-order valence-electron chi connectivity index (χ0n) is 13.5. The predicted octanol–water partition coefficient (Wildman–Crippen LogP) is 3.15. The Balaban J connectivity index is 2.03. The number of hydrogen-bond donors (Lipinski definition) is 2. The minimum absolute atomic E-state index is 0.188. The van der Waals surface area contributed by atoms with Crippen LogP contribution in [0.5, 0.6) is 5.75 Å².